The predicted octanol–water partition coefficient (Wildman–Crippen LogP) is 1.31. The molecule has 0 saturated heterocycles. The highest BCUT2D eigenvalue weighted by Gasteiger charge is 2.31. The van der Waals surface area contributed by atoms with Gasteiger partial charge in [0.05, 0.1) is 11.7 Å². The van der Waals surface area contributed by atoms with Crippen LogP contribution in [-0.2, 0) is 14.6 Å². The summed E-state index contributed by atoms with van der Waals surface area (Å²) in [5.74, 6) is -1.84. The molecule has 5 heteroatoms. The molecular formula is C10H18O4S. The van der Waals surface area contributed by atoms with E-state index in [9.17, 15) is 13.2 Å². The van der Waals surface area contributed by atoms with Gasteiger partial charge in [-0.2, -0.15) is 0 Å². The van der Waals surface area contributed by atoms with Crippen molar-refractivity contribution in [3.8, 4) is 0 Å². The van der Waals surface area contributed by atoms with Crippen molar-refractivity contribution in [1.29, 1.82) is 0 Å². The molecule has 88 valence electrons. The number of aliphatic carboxylic acids is 1. The van der Waals surface area contributed by atoms with E-state index < -0.39 is 21.7 Å². The van der Waals surface area contributed by atoms with Crippen molar-refractivity contribution in [2.75, 3.05) is 12.0 Å². The van der Waals surface area contributed by atoms with Crippen molar-refractivity contribution >= 4 is 15.8 Å². The van der Waals surface area contributed by atoms with E-state index in [0.717, 1.165) is 38.4 Å². The van der Waals surface area contributed by atoms with E-state index in [1.54, 1.807) is 0 Å². The minimum absolute atomic E-state index is 0.0472. The molecule has 0 heterocycles. The Kier molecular flexibility index (Phi) is 4.13. The number of sulfone groups is 1. The molecule has 15 heavy (non-hydrogen) atoms. The maximum atomic E-state index is 11.1. The van der Waals surface area contributed by atoms with Crippen molar-refractivity contribution in [3.05, 3.63) is 0 Å². The summed E-state index contributed by atoms with van der Waals surface area (Å²) in [4.78, 5) is 11.0. The smallest absolute Gasteiger partial charge is 0.307 e. The highest BCUT2D eigenvalue weighted by molar-refractivity contribution is 7.90. The molecule has 0 aromatic carbocycles. The maximum absolute atomic E-state index is 11.1. The second kappa shape index (κ2) is 4.96. The third kappa shape index (κ3) is 4.20. The van der Waals surface area contributed by atoms with Crippen LogP contribution in [0.1, 0.15) is 32.1 Å². The summed E-state index contributed by atoms with van der Waals surface area (Å²) in [5, 5.41) is 9.02. The Morgan fingerprint density at radius 3 is 2.27 bits per heavy atom. The van der Waals surface area contributed by atoms with Gasteiger partial charge in [0.15, 0.2) is 0 Å². The second-order valence-corrected chi connectivity index (χ2v) is 6.62. The molecule has 1 rings (SSSR count). The molecule has 0 aliphatic heterocycles. The van der Waals surface area contributed by atoms with Crippen LogP contribution in [0.15, 0.2) is 0 Å². The van der Waals surface area contributed by atoms with Crippen LogP contribution in [-0.4, -0.2) is 31.5 Å². The Hall–Kier alpha value is -0.580. The van der Waals surface area contributed by atoms with E-state index in [4.69, 9.17) is 5.11 Å². The number of carboxylic acids is 1. The molecule has 1 saturated carbocycles. The van der Waals surface area contributed by atoms with Gasteiger partial charge >= 0.3 is 5.97 Å². The fraction of sp³-hybridized carbons (Fsp3) is 0.900. The third-order valence-corrected chi connectivity index (χ3v) is 3.98. The molecule has 0 aromatic heterocycles. The van der Waals surface area contributed by atoms with Gasteiger partial charge in [0.25, 0.3) is 0 Å². The first-order valence-corrected chi connectivity index (χ1v) is 7.37. The number of hydrogen-bond donors (Lipinski definition) is 1. The zero-order valence-corrected chi connectivity index (χ0v) is 9.79. The monoisotopic (exact) mass is 234 g/mol. The minimum atomic E-state index is -3.20. The van der Waals surface area contributed by atoms with Crippen LogP contribution in [0.4, 0.5) is 0 Å². The number of hydrogen-bond acceptors (Lipinski definition) is 3. The summed E-state index contributed by atoms with van der Waals surface area (Å²) in [6, 6.07) is 0. The van der Waals surface area contributed by atoms with Crippen LogP contribution < -0.4 is 0 Å². The van der Waals surface area contributed by atoms with Gasteiger partial charge < -0.3 is 5.11 Å². The van der Waals surface area contributed by atoms with Crippen molar-refractivity contribution in [1.82, 2.24) is 0 Å². The van der Waals surface area contributed by atoms with Crippen LogP contribution in [0.3, 0.4) is 0 Å². The van der Waals surface area contributed by atoms with Crippen molar-refractivity contribution in [3.63, 3.8) is 0 Å². The lowest BCUT2D eigenvalue weighted by molar-refractivity contribution is -0.143. The molecule has 0 bridgehead atoms. The highest BCUT2D eigenvalue weighted by Crippen LogP contribution is 2.30. The quantitative estimate of drug-likeness (QED) is 0.796. The van der Waals surface area contributed by atoms with Crippen LogP contribution in [0, 0.1) is 11.8 Å². The van der Waals surface area contributed by atoms with Gasteiger partial charge in [0, 0.05) is 6.26 Å². The van der Waals surface area contributed by atoms with Gasteiger partial charge in [0.2, 0.25) is 0 Å². The molecule has 1 aliphatic carbocycles. The molecule has 1 atom stereocenters. The minimum Gasteiger partial charge on any atom is -0.481 e. The summed E-state index contributed by atoms with van der Waals surface area (Å²) in [6.07, 6.45) is 6.00. The first-order valence-electron chi connectivity index (χ1n) is 5.30. The van der Waals surface area contributed by atoms with Crippen LogP contribution in [0.2, 0.25) is 0 Å². The third-order valence-electron chi connectivity index (χ3n) is 3.02. The molecule has 0 radical (unpaired) electrons. The van der Waals surface area contributed by atoms with Gasteiger partial charge in [-0.05, 0) is 18.8 Å². The van der Waals surface area contributed by atoms with Gasteiger partial charge in [-0.15, -0.1) is 0 Å². The van der Waals surface area contributed by atoms with E-state index in [2.05, 4.69) is 0 Å². The molecule has 1 aliphatic rings. The van der Waals surface area contributed by atoms with Crippen LogP contribution in [0.5, 0.6) is 0 Å². The fourth-order valence-electron chi connectivity index (χ4n) is 2.27. The van der Waals surface area contributed by atoms with E-state index >= 15 is 0 Å². The normalized spacial score (nSPS) is 21.1. The summed E-state index contributed by atoms with van der Waals surface area (Å²) in [7, 11) is -3.20. The topological polar surface area (TPSA) is 71.4 Å². The summed E-state index contributed by atoms with van der Waals surface area (Å²) < 4.78 is 22.3. The Balaban J connectivity index is 2.68. The molecule has 0 spiro atoms. The first kappa shape index (κ1) is 12.5. The lowest BCUT2D eigenvalue weighted by Gasteiger charge is -2.26. The van der Waals surface area contributed by atoms with E-state index in [0.29, 0.717) is 0 Å². The van der Waals surface area contributed by atoms with Crippen LogP contribution in [0.25, 0.3) is 0 Å². The van der Waals surface area contributed by atoms with Crippen molar-refractivity contribution < 1.29 is 18.3 Å². The molecule has 0 unspecified atom stereocenters. The summed E-state index contributed by atoms with van der Waals surface area (Å²) >= 11 is 0. The average Bonchev–Trinajstić information content (AvgIpc) is 2.14. The van der Waals surface area contributed by atoms with Crippen molar-refractivity contribution in [2.45, 2.75) is 32.1 Å². The average molecular weight is 234 g/mol. The van der Waals surface area contributed by atoms with Gasteiger partial charge in [0.1, 0.15) is 9.84 Å². The summed E-state index contributed by atoms with van der Waals surface area (Å²) in [5.41, 5.74) is 0. The van der Waals surface area contributed by atoms with E-state index in [1.807, 2.05) is 0 Å². The Morgan fingerprint density at radius 1 is 1.33 bits per heavy atom. The maximum Gasteiger partial charge on any atom is 0.307 e. The largest absolute Gasteiger partial charge is 0.481 e. The second-order valence-electron chi connectivity index (χ2n) is 4.44. The standard InChI is InChI=1S/C10H18O4S/c1-15(13,14)7-9(10(11)12)8-5-3-2-4-6-8/h8-9H,2-7H2,1H3,(H,11,12)/t9-/m1/s1. The number of carboxylic acid groups (broad SMARTS) is 1. The Morgan fingerprint density at radius 2 is 1.87 bits per heavy atom. The van der Waals surface area contributed by atoms with E-state index in [1.165, 1.54) is 0 Å². The molecular weight excluding hydrogens is 216 g/mol. The molecule has 4 nitrogen and oxygen atoms in total. The van der Waals surface area contributed by atoms with Gasteiger partial charge in [-0.1, -0.05) is 19.3 Å². The Labute approximate surface area is 90.6 Å². The van der Waals surface area contributed by atoms with E-state index in [-0.39, 0.29) is 11.7 Å². The molecule has 0 aromatic rings. The van der Waals surface area contributed by atoms with Crippen LogP contribution >= 0.6 is 0 Å². The fourth-order valence-corrected chi connectivity index (χ4v) is 3.34. The Bertz CT molecular complexity index is 314. The van der Waals surface area contributed by atoms with Crippen molar-refractivity contribution in [2.24, 2.45) is 11.8 Å². The lowest BCUT2D eigenvalue weighted by Crippen LogP contribution is -2.31. The predicted molar refractivity (Wildman–Crippen MR) is 57.4 cm³/mol. The molecule has 1 N–H and O–H groups in total. The SMILES string of the molecule is CS(=O)(=O)C[C@@H](C(=O)O)C1CCCCC1. The molecule has 0 amide bonds. The van der Waals surface area contributed by atoms with Gasteiger partial charge in [-0.25, -0.2) is 8.42 Å². The number of rotatable bonds is 4. The first-order chi connectivity index (χ1) is 6.90. The zero-order valence-electron chi connectivity index (χ0n) is 8.98. The highest BCUT2D eigenvalue weighted by atomic mass is 32.2. The molecule has 1 fully saturated rings. The summed E-state index contributed by atoms with van der Waals surface area (Å²) in [6.45, 7) is 0. The lowest BCUT2D eigenvalue weighted by atomic mass is 9.81. The zero-order chi connectivity index (χ0) is 11.5. The van der Waals surface area contributed by atoms with Gasteiger partial charge in [-0.3, -0.25) is 4.79 Å². The number of carbonyl (C=O) groups is 1.